The Morgan fingerprint density at radius 3 is 2.87 bits per heavy atom. The average molecular weight is 201 g/mol. The van der Waals surface area contributed by atoms with E-state index in [1.165, 1.54) is 25.0 Å². The summed E-state index contributed by atoms with van der Waals surface area (Å²) in [5, 5.41) is 8.53. The molecule has 0 atom stereocenters. The molecule has 1 saturated carbocycles. The molecule has 1 aromatic heterocycles. The fraction of sp³-hybridized carbons (Fsp3) is 0.583. The van der Waals surface area contributed by atoms with Crippen molar-refractivity contribution < 1.29 is 0 Å². The molecule has 1 fully saturated rings. The smallest absolute Gasteiger partial charge is 0.129 e. The molecule has 1 aliphatic carbocycles. The first kappa shape index (κ1) is 10.1. The SMILES string of the molecule is Cc1cc(C2CCC2)nc(CCC#N)n1. The number of nitriles is 1. The second-order valence-corrected chi connectivity index (χ2v) is 4.14. The first-order valence-corrected chi connectivity index (χ1v) is 5.51. The molecule has 0 aliphatic heterocycles. The van der Waals surface area contributed by atoms with E-state index in [2.05, 4.69) is 22.1 Å². The highest BCUT2D eigenvalue weighted by molar-refractivity contribution is 5.16. The first-order valence-electron chi connectivity index (χ1n) is 5.51. The monoisotopic (exact) mass is 201 g/mol. The third-order valence-electron chi connectivity index (χ3n) is 2.90. The van der Waals surface area contributed by atoms with Crippen LogP contribution >= 0.6 is 0 Å². The van der Waals surface area contributed by atoms with E-state index in [-0.39, 0.29) is 0 Å². The van der Waals surface area contributed by atoms with E-state index in [0.29, 0.717) is 18.8 Å². The first-order chi connectivity index (χ1) is 7.29. The van der Waals surface area contributed by atoms with Crippen LogP contribution in [0.15, 0.2) is 6.07 Å². The van der Waals surface area contributed by atoms with Gasteiger partial charge in [0.25, 0.3) is 0 Å². The van der Waals surface area contributed by atoms with Gasteiger partial charge in [-0.15, -0.1) is 0 Å². The van der Waals surface area contributed by atoms with E-state index in [4.69, 9.17) is 5.26 Å². The van der Waals surface area contributed by atoms with Gasteiger partial charge >= 0.3 is 0 Å². The van der Waals surface area contributed by atoms with Crippen molar-refractivity contribution in [1.29, 1.82) is 5.26 Å². The molecular formula is C12H15N3. The Morgan fingerprint density at radius 1 is 1.47 bits per heavy atom. The van der Waals surface area contributed by atoms with Gasteiger partial charge in [0, 0.05) is 30.1 Å². The lowest BCUT2D eigenvalue weighted by molar-refractivity contribution is 0.409. The van der Waals surface area contributed by atoms with Crippen molar-refractivity contribution >= 4 is 0 Å². The summed E-state index contributed by atoms with van der Waals surface area (Å²) in [7, 11) is 0. The van der Waals surface area contributed by atoms with Crippen LogP contribution in [0.5, 0.6) is 0 Å². The fourth-order valence-corrected chi connectivity index (χ4v) is 1.85. The topological polar surface area (TPSA) is 49.6 Å². The third-order valence-corrected chi connectivity index (χ3v) is 2.90. The highest BCUT2D eigenvalue weighted by Gasteiger charge is 2.21. The van der Waals surface area contributed by atoms with Crippen LogP contribution in [0, 0.1) is 18.3 Å². The number of rotatable bonds is 3. The molecule has 1 heterocycles. The number of nitrogens with zero attached hydrogens (tertiary/aromatic N) is 3. The maximum absolute atomic E-state index is 8.53. The summed E-state index contributed by atoms with van der Waals surface area (Å²) >= 11 is 0. The van der Waals surface area contributed by atoms with Crippen LogP contribution in [-0.2, 0) is 6.42 Å². The van der Waals surface area contributed by atoms with Crippen molar-refractivity contribution in [2.75, 3.05) is 0 Å². The predicted octanol–water partition coefficient (Wildman–Crippen LogP) is 2.51. The molecule has 3 heteroatoms. The molecule has 0 amide bonds. The van der Waals surface area contributed by atoms with Gasteiger partial charge < -0.3 is 0 Å². The summed E-state index contributed by atoms with van der Waals surface area (Å²) in [6.45, 7) is 2.00. The summed E-state index contributed by atoms with van der Waals surface area (Å²) in [5.41, 5.74) is 2.21. The second-order valence-electron chi connectivity index (χ2n) is 4.14. The minimum Gasteiger partial charge on any atom is -0.238 e. The van der Waals surface area contributed by atoms with E-state index in [0.717, 1.165) is 11.5 Å². The van der Waals surface area contributed by atoms with Crippen molar-refractivity contribution in [1.82, 2.24) is 9.97 Å². The summed E-state index contributed by atoms with van der Waals surface area (Å²) < 4.78 is 0. The fourth-order valence-electron chi connectivity index (χ4n) is 1.85. The number of hydrogen-bond donors (Lipinski definition) is 0. The Kier molecular flexibility index (Phi) is 2.96. The van der Waals surface area contributed by atoms with Crippen LogP contribution < -0.4 is 0 Å². The predicted molar refractivity (Wildman–Crippen MR) is 57.3 cm³/mol. The van der Waals surface area contributed by atoms with Gasteiger partial charge in [0.2, 0.25) is 0 Å². The molecule has 0 unspecified atom stereocenters. The van der Waals surface area contributed by atoms with Crippen molar-refractivity contribution in [2.45, 2.75) is 44.9 Å². The molecule has 0 saturated heterocycles. The van der Waals surface area contributed by atoms with Crippen LogP contribution in [-0.4, -0.2) is 9.97 Å². The molecule has 15 heavy (non-hydrogen) atoms. The van der Waals surface area contributed by atoms with Gasteiger partial charge in [0.15, 0.2) is 0 Å². The van der Waals surface area contributed by atoms with Gasteiger partial charge in [-0.2, -0.15) is 5.26 Å². The van der Waals surface area contributed by atoms with E-state index in [9.17, 15) is 0 Å². The van der Waals surface area contributed by atoms with Crippen molar-refractivity contribution in [3.8, 4) is 6.07 Å². The van der Waals surface area contributed by atoms with Gasteiger partial charge in [-0.1, -0.05) is 6.42 Å². The van der Waals surface area contributed by atoms with Gasteiger partial charge in [-0.25, -0.2) is 9.97 Å². The summed E-state index contributed by atoms with van der Waals surface area (Å²) in [5.74, 6) is 1.48. The van der Waals surface area contributed by atoms with E-state index >= 15 is 0 Å². The zero-order valence-electron chi connectivity index (χ0n) is 9.03. The maximum atomic E-state index is 8.53. The van der Waals surface area contributed by atoms with E-state index < -0.39 is 0 Å². The summed E-state index contributed by atoms with van der Waals surface area (Å²) in [4.78, 5) is 8.88. The number of aryl methyl sites for hydroxylation is 2. The Labute approximate surface area is 90.2 Å². The minimum absolute atomic E-state index is 0.508. The molecule has 0 aromatic carbocycles. The van der Waals surface area contributed by atoms with Crippen LogP contribution in [0.25, 0.3) is 0 Å². The average Bonchev–Trinajstić information content (AvgIpc) is 2.11. The maximum Gasteiger partial charge on any atom is 0.129 e. The van der Waals surface area contributed by atoms with Crippen LogP contribution in [0.2, 0.25) is 0 Å². The van der Waals surface area contributed by atoms with E-state index in [1.54, 1.807) is 0 Å². The highest BCUT2D eigenvalue weighted by Crippen LogP contribution is 2.35. The molecule has 78 valence electrons. The Balaban J connectivity index is 2.17. The molecule has 1 aromatic rings. The zero-order chi connectivity index (χ0) is 10.7. The second kappa shape index (κ2) is 4.39. The Hall–Kier alpha value is -1.43. The van der Waals surface area contributed by atoms with Crippen molar-refractivity contribution in [2.24, 2.45) is 0 Å². The zero-order valence-corrected chi connectivity index (χ0v) is 9.03. The van der Waals surface area contributed by atoms with Gasteiger partial charge in [-0.3, -0.25) is 0 Å². The van der Waals surface area contributed by atoms with Gasteiger partial charge in [0.05, 0.1) is 6.07 Å². The van der Waals surface area contributed by atoms with Crippen LogP contribution in [0.1, 0.15) is 48.8 Å². The van der Waals surface area contributed by atoms with Crippen LogP contribution in [0.3, 0.4) is 0 Å². The molecule has 1 aliphatic rings. The quantitative estimate of drug-likeness (QED) is 0.755. The molecule has 2 rings (SSSR count). The lowest BCUT2D eigenvalue weighted by Gasteiger charge is -2.25. The normalized spacial score (nSPS) is 15.7. The largest absolute Gasteiger partial charge is 0.238 e. The molecular weight excluding hydrogens is 186 g/mol. The Morgan fingerprint density at radius 2 is 2.27 bits per heavy atom. The van der Waals surface area contributed by atoms with Crippen LogP contribution in [0.4, 0.5) is 0 Å². The molecule has 3 nitrogen and oxygen atoms in total. The molecule has 0 bridgehead atoms. The van der Waals surface area contributed by atoms with E-state index in [1.807, 2.05) is 6.92 Å². The standard InChI is InChI=1S/C12H15N3/c1-9-8-11(10-4-2-5-10)15-12(14-9)6-3-7-13/h8,10H,2-6H2,1H3. The number of hydrogen-bond acceptors (Lipinski definition) is 3. The summed E-state index contributed by atoms with van der Waals surface area (Å²) in [6.07, 6.45) is 5.02. The van der Waals surface area contributed by atoms with Gasteiger partial charge in [-0.05, 0) is 25.8 Å². The molecule has 0 spiro atoms. The summed E-state index contributed by atoms with van der Waals surface area (Å²) in [6, 6.07) is 4.22. The lowest BCUT2D eigenvalue weighted by Crippen LogP contribution is -2.13. The number of aromatic nitrogens is 2. The molecule has 0 N–H and O–H groups in total. The molecule has 0 radical (unpaired) electrons. The minimum atomic E-state index is 0.508. The third kappa shape index (κ3) is 2.33. The van der Waals surface area contributed by atoms with Crippen molar-refractivity contribution in [3.63, 3.8) is 0 Å². The highest BCUT2D eigenvalue weighted by atomic mass is 14.9. The van der Waals surface area contributed by atoms with Crippen molar-refractivity contribution in [3.05, 3.63) is 23.3 Å². The van der Waals surface area contributed by atoms with Gasteiger partial charge in [0.1, 0.15) is 5.82 Å². The Bertz CT molecular complexity index is 388. The lowest BCUT2D eigenvalue weighted by atomic mass is 9.82.